The van der Waals surface area contributed by atoms with Crippen molar-refractivity contribution in [2.75, 3.05) is 0 Å². The van der Waals surface area contributed by atoms with Crippen LogP contribution in [0.25, 0.3) is 11.0 Å². The highest BCUT2D eigenvalue weighted by Crippen LogP contribution is 2.18. The number of phenols is 1. The SMILES string of the molecule is O=C(NCc1cccc(O)c1F)c1ccc2ncccc2n1.[HH]. The first-order valence-electron chi connectivity index (χ1n) is 6.61. The summed E-state index contributed by atoms with van der Waals surface area (Å²) in [6.45, 7) is -0.0359. The number of hydrogen-bond donors (Lipinski definition) is 2. The molecule has 0 spiro atoms. The number of halogens is 1. The predicted octanol–water partition coefficient (Wildman–Crippen LogP) is 2.65. The largest absolute Gasteiger partial charge is 0.505 e. The fourth-order valence-corrected chi connectivity index (χ4v) is 2.05. The average molecular weight is 299 g/mol. The van der Waals surface area contributed by atoms with Crippen LogP contribution < -0.4 is 5.32 Å². The molecule has 3 aromatic rings. The number of aromatic nitrogens is 2. The standard InChI is InChI=1S/C16H12FN3O2.H2/c17-15-10(3-1-5-14(15)21)9-19-16(22)13-7-6-11-12(20-13)4-2-8-18-11;/h1-8,21H,9H2,(H,19,22);1H. The van der Waals surface area contributed by atoms with Gasteiger partial charge >= 0.3 is 0 Å². The zero-order valence-corrected chi connectivity index (χ0v) is 11.5. The maximum atomic E-state index is 13.6. The van der Waals surface area contributed by atoms with E-state index in [9.17, 15) is 14.3 Å². The lowest BCUT2D eigenvalue weighted by Crippen LogP contribution is -2.24. The molecule has 0 saturated carbocycles. The van der Waals surface area contributed by atoms with E-state index in [0.29, 0.717) is 11.0 Å². The molecule has 0 saturated heterocycles. The van der Waals surface area contributed by atoms with Gasteiger partial charge in [-0.2, -0.15) is 0 Å². The maximum absolute atomic E-state index is 13.6. The summed E-state index contributed by atoms with van der Waals surface area (Å²) in [6.07, 6.45) is 1.65. The normalized spacial score (nSPS) is 10.6. The number of phenolic OH excluding ortho intramolecular Hbond substituents is 1. The third kappa shape index (κ3) is 2.71. The number of nitrogens with zero attached hydrogens (tertiary/aromatic N) is 2. The number of carbonyl (C=O) groups is 1. The van der Waals surface area contributed by atoms with Crippen molar-refractivity contribution in [3.8, 4) is 5.75 Å². The molecule has 0 fully saturated rings. The number of fused-ring (bicyclic) bond motifs is 1. The van der Waals surface area contributed by atoms with E-state index in [2.05, 4.69) is 15.3 Å². The first-order chi connectivity index (χ1) is 10.6. The number of carbonyl (C=O) groups excluding carboxylic acids is 1. The van der Waals surface area contributed by atoms with Crippen LogP contribution in [-0.2, 0) is 6.54 Å². The van der Waals surface area contributed by atoms with Crippen LogP contribution in [0.3, 0.4) is 0 Å². The molecule has 0 aliphatic carbocycles. The number of nitrogens with one attached hydrogen (secondary N) is 1. The molecule has 2 heterocycles. The molecule has 5 nitrogen and oxygen atoms in total. The van der Waals surface area contributed by atoms with E-state index in [4.69, 9.17) is 0 Å². The highest BCUT2D eigenvalue weighted by Gasteiger charge is 2.11. The first kappa shape index (κ1) is 13.9. The second kappa shape index (κ2) is 5.77. The summed E-state index contributed by atoms with van der Waals surface area (Å²) in [7, 11) is 0. The fraction of sp³-hybridized carbons (Fsp3) is 0.0625. The summed E-state index contributed by atoms with van der Waals surface area (Å²) in [6, 6.07) is 11.0. The van der Waals surface area contributed by atoms with Gasteiger partial charge in [-0.05, 0) is 30.3 Å². The summed E-state index contributed by atoms with van der Waals surface area (Å²) in [5.74, 6) is -1.60. The van der Waals surface area contributed by atoms with Crippen LogP contribution in [0.4, 0.5) is 4.39 Å². The van der Waals surface area contributed by atoms with Gasteiger partial charge in [0.1, 0.15) is 5.69 Å². The van der Waals surface area contributed by atoms with E-state index < -0.39 is 17.5 Å². The van der Waals surface area contributed by atoms with Gasteiger partial charge in [0, 0.05) is 19.7 Å². The van der Waals surface area contributed by atoms with Crippen LogP contribution >= 0.6 is 0 Å². The molecule has 3 rings (SSSR count). The molecule has 1 amide bonds. The van der Waals surface area contributed by atoms with Crippen molar-refractivity contribution >= 4 is 16.9 Å². The quantitative estimate of drug-likeness (QED) is 0.779. The van der Waals surface area contributed by atoms with Gasteiger partial charge in [0.05, 0.1) is 11.0 Å². The maximum Gasteiger partial charge on any atom is 0.270 e. The number of aromatic hydroxyl groups is 1. The van der Waals surface area contributed by atoms with Crippen molar-refractivity contribution < 1.29 is 15.7 Å². The molecule has 0 radical (unpaired) electrons. The van der Waals surface area contributed by atoms with Gasteiger partial charge in [0.25, 0.3) is 5.91 Å². The van der Waals surface area contributed by atoms with E-state index in [1.165, 1.54) is 18.2 Å². The third-order valence-corrected chi connectivity index (χ3v) is 3.19. The zero-order chi connectivity index (χ0) is 15.5. The second-order valence-corrected chi connectivity index (χ2v) is 4.67. The Balaban J connectivity index is 0.00000192. The summed E-state index contributed by atoms with van der Waals surface area (Å²) in [5.41, 5.74) is 1.73. The molecular weight excluding hydrogens is 285 g/mol. The van der Waals surface area contributed by atoms with E-state index in [0.717, 1.165) is 0 Å². The lowest BCUT2D eigenvalue weighted by molar-refractivity contribution is 0.0946. The minimum absolute atomic E-state index is 0. The van der Waals surface area contributed by atoms with Crippen molar-refractivity contribution in [3.63, 3.8) is 0 Å². The highest BCUT2D eigenvalue weighted by atomic mass is 19.1. The Morgan fingerprint density at radius 3 is 2.91 bits per heavy atom. The molecule has 0 aliphatic rings. The molecule has 0 aliphatic heterocycles. The summed E-state index contributed by atoms with van der Waals surface area (Å²) >= 11 is 0. The summed E-state index contributed by atoms with van der Waals surface area (Å²) < 4.78 is 13.6. The first-order valence-corrected chi connectivity index (χ1v) is 6.61. The molecule has 2 N–H and O–H groups in total. The number of hydrogen-bond acceptors (Lipinski definition) is 4. The summed E-state index contributed by atoms with van der Waals surface area (Å²) in [4.78, 5) is 20.4. The van der Waals surface area contributed by atoms with E-state index >= 15 is 0 Å². The van der Waals surface area contributed by atoms with Crippen LogP contribution in [0.15, 0.2) is 48.7 Å². The van der Waals surface area contributed by atoms with E-state index in [1.807, 2.05) is 0 Å². The molecule has 112 valence electrons. The lowest BCUT2D eigenvalue weighted by atomic mass is 10.2. The molecule has 0 bridgehead atoms. The Kier molecular flexibility index (Phi) is 3.65. The Morgan fingerprint density at radius 1 is 1.18 bits per heavy atom. The van der Waals surface area contributed by atoms with Gasteiger partial charge in [-0.1, -0.05) is 12.1 Å². The minimum atomic E-state index is -0.738. The van der Waals surface area contributed by atoms with E-state index in [-0.39, 0.29) is 19.2 Å². The molecule has 0 unspecified atom stereocenters. The number of rotatable bonds is 3. The van der Waals surface area contributed by atoms with Crippen LogP contribution in [0.5, 0.6) is 5.75 Å². The van der Waals surface area contributed by atoms with Gasteiger partial charge in [-0.25, -0.2) is 9.37 Å². The van der Waals surface area contributed by atoms with Gasteiger partial charge < -0.3 is 10.4 Å². The van der Waals surface area contributed by atoms with Crippen molar-refractivity contribution in [1.29, 1.82) is 0 Å². The summed E-state index contributed by atoms with van der Waals surface area (Å²) in [5, 5.41) is 11.9. The van der Waals surface area contributed by atoms with Crippen LogP contribution in [0, 0.1) is 5.82 Å². The second-order valence-electron chi connectivity index (χ2n) is 4.67. The highest BCUT2D eigenvalue weighted by molar-refractivity contribution is 5.94. The number of benzene rings is 1. The van der Waals surface area contributed by atoms with Crippen molar-refractivity contribution in [2.24, 2.45) is 0 Å². The van der Waals surface area contributed by atoms with E-state index in [1.54, 1.807) is 30.5 Å². The monoisotopic (exact) mass is 299 g/mol. The van der Waals surface area contributed by atoms with Crippen LogP contribution in [0.1, 0.15) is 17.5 Å². The fourth-order valence-electron chi connectivity index (χ4n) is 2.05. The Morgan fingerprint density at radius 2 is 2.05 bits per heavy atom. The Labute approximate surface area is 126 Å². The van der Waals surface area contributed by atoms with Crippen LogP contribution in [0.2, 0.25) is 0 Å². The third-order valence-electron chi connectivity index (χ3n) is 3.19. The van der Waals surface area contributed by atoms with Crippen molar-refractivity contribution in [2.45, 2.75) is 6.54 Å². The molecule has 1 aromatic carbocycles. The van der Waals surface area contributed by atoms with Crippen molar-refractivity contribution in [1.82, 2.24) is 15.3 Å². The minimum Gasteiger partial charge on any atom is -0.505 e. The van der Waals surface area contributed by atoms with Gasteiger partial charge in [-0.3, -0.25) is 9.78 Å². The lowest BCUT2D eigenvalue weighted by Gasteiger charge is -2.07. The molecule has 2 aromatic heterocycles. The van der Waals surface area contributed by atoms with Gasteiger partial charge in [0.2, 0.25) is 0 Å². The average Bonchev–Trinajstić information content (AvgIpc) is 2.55. The number of amides is 1. The number of pyridine rings is 2. The van der Waals surface area contributed by atoms with Gasteiger partial charge in [0.15, 0.2) is 11.6 Å². The van der Waals surface area contributed by atoms with Crippen LogP contribution in [-0.4, -0.2) is 21.0 Å². The predicted molar refractivity (Wildman–Crippen MR) is 80.9 cm³/mol. The molecule has 0 atom stereocenters. The van der Waals surface area contributed by atoms with Crippen molar-refractivity contribution in [3.05, 3.63) is 65.7 Å². The van der Waals surface area contributed by atoms with Gasteiger partial charge in [-0.15, -0.1) is 0 Å². The molecular formula is C16H14FN3O2. The zero-order valence-electron chi connectivity index (χ0n) is 11.5. The molecule has 6 heteroatoms. The Bertz CT molecular complexity index is 858. The Hall–Kier alpha value is -3.02. The topological polar surface area (TPSA) is 75.1 Å². The smallest absolute Gasteiger partial charge is 0.270 e. The molecule has 22 heavy (non-hydrogen) atoms.